The SMILES string of the molecule is CC.CC.CC1CN(C)C(=O)O1. The van der Waals surface area contributed by atoms with E-state index in [-0.39, 0.29) is 12.2 Å². The standard InChI is InChI=1S/C5H9NO2.2C2H6/c1-4-3-6(2)5(7)8-4;2*1-2/h4H,3H2,1-2H3;2*1-2H3. The summed E-state index contributed by atoms with van der Waals surface area (Å²) in [6.45, 7) is 10.6. The van der Waals surface area contributed by atoms with Crippen LogP contribution in [0.2, 0.25) is 0 Å². The number of carbonyl (C=O) groups excluding carboxylic acids is 1. The van der Waals surface area contributed by atoms with Crippen molar-refractivity contribution in [2.75, 3.05) is 13.6 Å². The first-order valence-electron chi connectivity index (χ1n) is 4.62. The van der Waals surface area contributed by atoms with Crippen molar-refractivity contribution in [2.45, 2.75) is 40.7 Å². The number of ether oxygens (including phenoxy) is 1. The molecule has 1 unspecified atom stereocenters. The molecule has 1 atom stereocenters. The van der Waals surface area contributed by atoms with Crippen LogP contribution in [-0.4, -0.2) is 30.7 Å². The highest BCUT2D eigenvalue weighted by molar-refractivity contribution is 5.69. The molecule has 0 bridgehead atoms. The number of hydrogen-bond acceptors (Lipinski definition) is 2. The average molecular weight is 175 g/mol. The molecular formula is C9H21NO2. The van der Waals surface area contributed by atoms with Gasteiger partial charge >= 0.3 is 6.09 Å². The van der Waals surface area contributed by atoms with Crippen LogP contribution in [0.1, 0.15) is 34.6 Å². The molecule has 1 fully saturated rings. The van der Waals surface area contributed by atoms with Gasteiger partial charge in [-0.2, -0.15) is 0 Å². The highest BCUT2D eigenvalue weighted by Crippen LogP contribution is 2.06. The average Bonchev–Trinajstić information content (AvgIpc) is 2.37. The molecule has 1 aliphatic rings. The zero-order chi connectivity index (χ0) is 10.1. The van der Waals surface area contributed by atoms with Gasteiger partial charge < -0.3 is 9.64 Å². The highest BCUT2D eigenvalue weighted by atomic mass is 16.6. The second kappa shape index (κ2) is 8.37. The first-order valence-corrected chi connectivity index (χ1v) is 4.62. The second-order valence-corrected chi connectivity index (χ2v) is 2.07. The summed E-state index contributed by atoms with van der Waals surface area (Å²) >= 11 is 0. The lowest BCUT2D eigenvalue weighted by Crippen LogP contribution is -2.18. The van der Waals surface area contributed by atoms with Crippen LogP contribution in [0.25, 0.3) is 0 Å². The van der Waals surface area contributed by atoms with E-state index in [4.69, 9.17) is 4.74 Å². The van der Waals surface area contributed by atoms with E-state index < -0.39 is 0 Å². The molecule has 1 heterocycles. The van der Waals surface area contributed by atoms with Crippen LogP contribution in [0.5, 0.6) is 0 Å². The lowest BCUT2D eigenvalue weighted by atomic mass is 10.4. The molecule has 1 saturated heterocycles. The third-order valence-corrected chi connectivity index (χ3v) is 1.14. The summed E-state index contributed by atoms with van der Waals surface area (Å²) in [6.07, 6.45) is -0.134. The van der Waals surface area contributed by atoms with Crippen LogP contribution < -0.4 is 0 Å². The van der Waals surface area contributed by atoms with Gasteiger partial charge in [-0.1, -0.05) is 27.7 Å². The van der Waals surface area contributed by atoms with Crippen molar-refractivity contribution in [1.82, 2.24) is 4.90 Å². The maximum atomic E-state index is 10.5. The summed E-state index contributed by atoms with van der Waals surface area (Å²) in [4.78, 5) is 12.0. The summed E-state index contributed by atoms with van der Waals surface area (Å²) in [7, 11) is 1.73. The van der Waals surface area contributed by atoms with E-state index in [9.17, 15) is 4.79 Å². The molecule has 0 saturated carbocycles. The molecule has 0 spiro atoms. The summed E-state index contributed by atoms with van der Waals surface area (Å²) < 4.78 is 4.76. The number of cyclic esters (lactones) is 1. The van der Waals surface area contributed by atoms with E-state index in [0.717, 1.165) is 6.54 Å². The van der Waals surface area contributed by atoms with E-state index >= 15 is 0 Å². The quantitative estimate of drug-likeness (QED) is 0.566. The third kappa shape index (κ3) is 4.99. The Morgan fingerprint density at radius 3 is 1.83 bits per heavy atom. The molecular weight excluding hydrogens is 154 g/mol. The molecule has 1 aliphatic heterocycles. The normalized spacial score (nSPS) is 20.0. The van der Waals surface area contributed by atoms with Gasteiger partial charge in [0, 0.05) is 7.05 Å². The maximum Gasteiger partial charge on any atom is 0.409 e. The molecule has 0 aromatic heterocycles. The van der Waals surface area contributed by atoms with Gasteiger partial charge in [-0.3, -0.25) is 0 Å². The Kier molecular flexibility index (Phi) is 9.65. The van der Waals surface area contributed by atoms with Gasteiger partial charge in [0.25, 0.3) is 0 Å². The van der Waals surface area contributed by atoms with Gasteiger partial charge in [-0.15, -0.1) is 0 Å². The monoisotopic (exact) mass is 175 g/mol. The predicted octanol–water partition coefficient (Wildman–Crippen LogP) is 2.51. The maximum absolute atomic E-state index is 10.5. The Morgan fingerprint density at radius 2 is 1.75 bits per heavy atom. The summed E-state index contributed by atoms with van der Waals surface area (Å²) in [6, 6.07) is 0. The fraction of sp³-hybridized carbons (Fsp3) is 0.889. The largest absolute Gasteiger partial charge is 0.445 e. The predicted molar refractivity (Wildman–Crippen MR) is 51.3 cm³/mol. The Labute approximate surface area is 75.7 Å². The first-order chi connectivity index (χ1) is 5.70. The van der Waals surface area contributed by atoms with E-state index in [2.05, 4.69) is 0 Å². The third-order valence-electron chi connectivity index (χ3n) is 1.14. The number of nitrogens with zero attached hydrogens (tertiary/aromatic N) is 1. The zero-order valence-electron chi connectivity index (χ0n) is 9.05. The topological polar surface area (TPSA) is 29.5 Å². The number of likely N-dealkylation sites (N-methyl/N-ethyl adjacent to an activating group) is 1. The van der Waals surface area contributed by atoms with Crippen molar-refractivity contribution >= 4 is 6.09 Å². The van der Waals surface area contributed by atoms with Crippen molar-refractivity contribution in [1.29, 1.82) is 0 Å². The van der Waals surface area contributed by atoms with Gasteiger partial charge in [-0.25, -0.2) is 4.79 Å². The highest BCUT2D eigenvalue weighted by Gasteiger charge is 2.23. The molecule has 74 valence electrons. The molecule has 12 heavy (non-hydrogen) atoms. The fourth-order valence-corrected chi connectivity index (χ4v) is 0.760. The minimum absolute atomic E-state index is 0.0764. The molecule has 0 aliphatic carbocycles. The van der Waals surface area contributed by atoms with E-state index in [1.54, 1.807) is 11.9 Å². The molecule has 0 aromatic carbocycles. The Balaban J connectivity index is 0. The van der Waals surface area contributed by atoms with Gasteiger partial charge in [0.05, 0.1) is 6.54 Å². The van der Waals surface area contributed by atoms with Crippen molar-refractivity contribution < 1.29 is 9.53 Å². The van der Waals surface area contributed by atoms with Gasteiger partial charge in [0.2, 0.25) is 0 Å². The van der Waals surface area contributed by atoms with E-state index in [1.807, 2.05) is 34.6 Å². The fourth-order valence-electron chi connectivity index (χ4n) is 0.760. The Bertz CT molecular complexity index is 115. The van der Waals surface area contributed by atoms with Crippen LogP contribution >= 0.6 is 0 Å². The van der Waals surface area contributed by atoms with Crippen LogP contribution in [0.15, 0.2) is 0 Å². The van der Waals surface area contributed by atoms with Crippen LogP contribution in [0.4, 0.5) is 4.79 Å². The Hall–Kier alpha value is -0.730. The number of amides is 1. The summed E-state index contributed by atoms with van der Waals surface area (Å²) in [5.74, 6) is 0. The minimum atomic E-state index is -0.211. The van der Waals surface area contributed by atoms with Crippen molar-refractivity contribution in [3.8, 4) is 0 Å². The van der Waals surface area contributed by atoms with Crippen molar-refractivity contribution in [2.24, 2.45) is 0 Å². The van der Waals surface area contributed by atoms with Gasteiger partial charge in [0.1, 0.15) is 6.10 Å². The molecule has 0 aromatic rings. The van der Waals surface area contributed by atoms with E-state index in [1.165, 1.54) is 0 Å². The summed E-state index contributed by atoms with van der Waals surface area (Å²) in [5.41, 5.74) is 0. The van der Waals surface area contributed by atoms with Crippen LogP contribution in [0.3, 0.4) is 0 Å². The molecule has 0 N–H and O–H groups in total. The first kappa shape index (κ1) is 13.8. The molecule has 1 rings (SSSR count). The smallest absolute Gasteiger partial charge is 0.409 e. The van der Waals surface area contributed by atoms with Crippen LogP contribution in [0, 0.1) is 0 Å². The second-order valence-electron chi connectivity index (χ2n) is 2.07. The lowest BCUT2D eigenvalue weighted by molar-refractivity contribution is 0.141. The molecule has 1 amide bonds. The molecule has 3 heteroatoms. The van der Waals surface area contributed by atoms with Gasteiger partial charge in [0.15, 0.2) is 0 Å². The number of rotatable bonds is 0. The molecule has 3 nitrogen and oxygen atoms in total. The number of carbonyl (C=O) groups is 1. The van der Waals surface area contributed by atoms with Crippen molar-refractivity contribution in [3.05, 3.63) is 0 Å². The molecule has 0 radical (unpaired) electrons. The number of hydrogen-bond donors (Lipinski definition) is 0. The zero-order valence-corrected chi connectivity index (χ0v) is 9.05. The lowest BCUT2D eigenvalue weighted by Gasteiger charge is -1.99. The van der Waals surface area contributed by atoms with E-state index in [0.29, 0.717) is 0 Å². The Morgan fingerprint density at radius 1 is 1.33 bits per heavy atom. The minimum Gasteiger partial charge on any atom is -0.445 e. The van der Waals surface area contributed by atoms with Gasteiger partial charge in [-0.05, 0) is 6.92 Å². The summed E-state index contributed by atoms with van der Waals surface area (Å²) in [5, 5.41) is 0. The van der Waals surface area contributed by atoms with Crippen LogP contribution in [-0.2, 0) is 4.74 Å². The van der Waals surface area contributed by atoms with Crippen molar-refractivity contribution in [3.63, 3.8) is 0 Å².